The van der Waals surface area contributed by atoms with Crippen LogP contribution < -0.4 is 5.32 Å². The highest BCUT2D eigenvalue weighted by atomic mass is 32.2. The van der Waals surface area contributed by atoms with Gasteiger partial charge in [-0.1, -0.05) is 30.3 Å². The van der Waals surface area contributed by atoms with Crippen molar-refractivity contribution in [2.45, 2.75) is 12.7 Å². The number of nitrogens with one attached hydrogen (secondary N) is 1. The summed E-state index contributed by atoms with van der Waals surface area (Å²) in [5, 5.41) is 13.4. The van der Waals surface area contributed by atoms with Gasteiger partial charge >= 0.3 is 0 Å². The monoisotopic (exact) mass is 316 g/mol. The molecular formula is C16H16N2O3S. The third-order valence-corrected chi connectivity index (χ3v) is 4.07. The number of nitrogens with zero attached hydrogens (tertiary/aromatic N) is 1. The summed E-state index contributed by atoms with van der Waals surface area (Å²) in [6.07, 6.45) is 0. The van der Waals surface area contributed by atoms with E-state index in [-0.39, 0.29) is 11.6 Å². The molecule has 114 valence electrons. The summed E-state index contributed by atoms with van der Waals surface area (Å²) in [6.45, 7) is 2.04. The van der Waals surface area contributed by atoms with Crippen molar-refractivity contribution in [1.82, 2.24) is 0 Å². The molecule has 2 aromatic carbocycles. The largest absolute Gasteiger partial charge is 0.325 e. The second-order valence-corrected chi connectivity index (χ2v) is 5.76. The molecule has 1 N–H and O–H groups in total. The molecule has 2 rings (SSSR count). The smallest absolute Gasteiger partial charge is 0.271 e. The lowest BCUT2D eigenvalue weighted by Gasteiger charge is -2.06. The van der Waals surface area contributed by atoms with Crippen molar-refractivity contribution in [3.05, 3.63) is 69.8 Å². The lowest BCUT2D eigenvalue weighted by Crippen LogP contribution is -2.14. The van der Waals surface area contributed by atoms with E-state index in [2.05, 4.69) is 5.32 Å². The molecule has 0 saturated heterocycles. The van der Waals surface area contributed by atoms with Crippen LogP contribution in [0.25, 0.3) is 0 Å². The van der Waals surface area contributed by atoms with Crippen LogP contribution in [0.5, 0.6) is 0 Å². The molecule has 0 spiro atoms. The van der Waals surface area contributed by atoms with E-state index >= 15 is 0 Å². The molecule has 0 aromatic heterocycles. The predicted octanol–water partition coefficient (Wildman–Crippen LogP) is 3.78. The Bertz CT molecular complexity index is 689. The van der Waals surface area contributed by atoms with Crippen LogP contribution >= 0.6 is 11.8 Å². The number of thioether (sulfide) groups is 1. The van der Waals surface area contributed by atoms with Crippen molar-refractivity contribution in [1.29, 1.82) is 0 Å². The molecule has 1 amide bonds. The van der Waals surface area contributed by atoms with Crippen molar-refractivity contribution < 1.29 is 9.72 Å². The zero-order chi connectivity index (χ0) is 15.9. The molecule has 6 heteroatoms. The van der Waals surface area contributed by atoms with Crippen LogP contribution in [0.4, 0.5) is 11.4 Å². The summed E-state index contributed by atoms with van der Waals surface area (Å²) in [4.78, 5) is 22.1. The Morgan fingerprint density at radius 1 is 1.23 bits per heavy atom. The molecule has 0 unspecified atom stereocenters. The van der Waals surface area contributed by atoms with E-state index < -0.39 is 4.92 Å². The number of rotatable bonds is 6. The Labute approximate surface area is 132 Å². The van der Waals surface area contributed by atoms with Crippen molar-refractivity contribution in [2.24, 2.45) is 0 Å². The summed E-state index contributed by atoms with van der Waals surface area (Å²) >= 11 is 1.51. The molecule has 0 radical (unpaired) electrons. The molecular weight excluding hydrogens is 300 g/mol. The van der Waals surface area contributed by atoms with Crippen LogP contribution in [0.15, 0.2) is 48.5 Å². The summed E-state index contributed by atoms with van der Waals surface area (Å²) in [7, 11) is 0. The normalized spacial score (nSPS) is 10.2. The molecule has 0 atom stereocenters. The fourth-order valence-electron chi connectivity index (χ4n) is 1.92. The van der Waals surface area contributed by atoms with Gasteiger partial charge in [0.25, 0.3) is 5.69 Å². The highest BCUT2D eigenvalue weighted by Crippen LogP contribution is 2.19. The van der Waals surface area contributed by atoms with Gasteiger partial charge in [-0.25, -0.2) is 0 Å². The maximum atomic E-state index is 11.9. The van der Waals surface area contributed by atoms with Gasteiger partial charge in [0, 0.05) is 23.6 Å². The fraction of sp³-hybridized carbons (Fsp3) is 0.188. The number of carbonyl (C=O) groups is 1. The van der Waals surface area contributed by atoms with E-state index in [9.17, 15) is 14.9 Å². The van der Waals surface area contributed by atoms with Gasteiger partial charge in [0.05, 0.1) is 10.7 Å². The maximum absolute atomic E-state index is 11.9. The standard InChI is InChI=1S/C16H16N2O3S/c1-12-5-2-3-6-13(12)10-22-11-16(19)17-14-7-4-8-15(9-14)18(20)21/h2-9H,10-11H2,1H3,(H,17,19). The average molecular weight is 316 g/mol. The fourth-order valence-corrected chi connectivity index (χ4v) is 2.82. The molecule has 0 aliphatic heterocycles. The van der Waals surface area contributed by atoms with Gasteiger partial charge in [-0.05, 0) is 24.1 Å². The van der Waals surface area contributed by atoms with Crippen LogP contribution in [0.2, 0.25) is 0 Å². The third kappa shape index (κ3) is 4.60. The van der Waals surface area contributed by atoms with Crippen molar-refractivity contribution >= 4 is 29.0 Å². The van der Waals surface area contributed by atoms with E-state index in [4.69, 9.17) is 0 Å². The first-order chi connectivity index (χ1) is 10.6. The summed E-state index contributed by atoms with van der Waals surface area (Å²) < 4.78 is 0. The third-order valence-electron chi connectivity index (χ3n) is 3.09. The second-order valence-electron chi connectivity index (χ2n) is 4.77. The summed E-state index contributed by atoms with van der Waals surface area (Å²) in [6, 6.07) is 14.0. The Kier molecular flexibility index (Phi) is 5.55. The van der Waals surface area contributed by atoms with Crippen molar-refractivity contribution in [3.63, 3.8) is 0 Å². The Morgan fingerprint density at radius 3 is 2.73 bits per heavy atom. The van der Waals surface area contributed by atoms with Crippen molar-refractivity contribution in [3.8, 4) is 0 Å². The van der Waals surface area contributed by atoms with Crippen LogP contribution in [0, 0.1) is 17.0 Å². The van der Waals surface area contributed by atoms with Crippen LogP contribution in [-0.2, 0) is 10.5 Å². The molecule has 2 aromatic rings. The number of non-ortho nitro benzene ring substituents is 1. The number of anilines is 1. The zero-order valence-electron chi connectivity index (χ0n) is 12.1. The Hall–Kier alpha value is -2.34. The summed E-state index contributed by atoms with van der Waals surface area (Å²) in [5.41, 5.74) is 2.81. The number of aryl methyl sites for hydroxylation is 1. The number of amides is 1. The molecule has 0 heterocycles. The van der Waals surface area contributed by atoms with E-state index in [1.165, 1.54) is 35.0 Å². The molecule has 0 aliphatic rings. The maximum Gasteiger partial charge on any atom is 0.271 e. The predicted molar refractivity (Wildman–Crippen MR) is 89.1 cm³/mol. The van der Waals surface area contributed by atoms with Crippen LogP contribution in [-0.4, -0.2) is 16.6 Å². The van der Waals surface area contributed by atoms with Gasteiger partial charge < -0.3 is 5.32 Å². The number of hydrogen-bond donors (Lipinski definition) is 1. The molecule has 0 bridgehead atoms. The lowest BCUT2D eigenvalue weighted by molar-refractivity contribution is -0.384. The summed E-state index contributed by atoms with van der Waals surface area (Å²) in [5.74, 6) is 0.894. The van der Waals surface area contributed by atoms with Gasteiger partial charge in [-0.2, -0.15) is 0 Å². The van der Waals surface area contributed by atoms with E-state index in [0.29, 0.717) is 11.4 Å². The quantitative estimate of drug-likeness (QED) is 0.650. The van der Waals surface area contributed by atoms with Crippen LogP contribution in [0.3, 0.4) is 0 Å². The first kappa shape index (κ1) is 16.0. The van der Waals surface area contributed by atoms with Gasteiger partial charge in [0.1, 0.15) is 0 Å². The van der Waals surface area contributed by atoms with Gasteiger partial charge in [0.15, 0.2) is 0 Å². The van der Waals surface area contributed by atoms with Gasteiger partial charge in [-0.15, -0.1) is 11.8 Å². The highest BCUT2D eigenvalue weighted by molar-refractivity contribution is 7.99. The zero-order valence-corrected chi connectivity index (χ0v) is 12.9. The average Bonchev–Trinajstić information content (AvgIpc) is 2.49. The number of nitro benzene ring substituents is 1. The minimum atomic E-state index is -0.484. The first-order valence-electron chi connectivity index (χ1n) is 6.73. The van der Waals surface area contributed by atoms with E-state index in [1.807, 2.05) is 31.2 Å². The van der Waals surface area contributed by atoms with Gasteiger partial charge in [0.2, 0.25) is 5.91 Å². The first-order valence-corrected chi connectivity index (χ1v) is 7.88. The van der Waals surface area contributed by atoms with E-state index in [0.717, 1.165) is 5.75 Å². The minimum absolute atomic E-state index is 0.0367. The molecule has 5 nitrogen and oxygen atoms in total. The molecule has 0 fully saturated rings. The Morgan fingerprint density at radius 2 is 2.00 bits per heavy atom. The minimum Gasteiger partial charge on any atom is -0.325 e. The number of nitro groups is 1. The van der Waals surface area contributed by atoms with E-state index in [1.54, 1.807) is 12.1 Å². The number of carbonyl (C=O) groups excluding carboxylic acids is 1. The molecule has 22 heavy (non-hydrogen) atoms. The van der Waals surface area contributed by atoms with Crippen molar-refractivity contribution in [2.75, 3.05) is 11.1 Å². The molecule has 0 aliphatic carbocycles. The topological polar surface area (TPSA) is 72.2 Å². The van der Waals surface area contributed by atoms with Gasteiger partial charge in [-0.3, -0.25) is 14.9 Å². The van der Waals surface area contributed by atoms with Crippen LogP contribution in [0.1, 0.15) is 11.1 Å². The number of benzene rings is 2. The Balaban J connectivity index is 1.84. The SMILES string of the molecule is Cc1ccccc1CSCC(=O)Nc1cccc([N+](=O)[O-])c1. The highest BCUT2D eigenvalue weighted by Gasteiger charge is 2.08. The number of hydrogen-bond acceptors (Lipinski definition) is 4. The second kappa shape index (κ2) is 7.61. The lowest BCUT2D eigenvalue weighted by atomic mass is 10.1. The molecule has 0 saturated carbocycles.